The molecule has 0 aliphatic carbocycles. The van der Waals surface area contributed by atoms with Crippen LogP contribution >= 0.6 is 0 Å². The van der Waals surface area contributed by atoms with Crippen molar-refractivity contribution in [3.63, 3.8) is 0 Å². The fourth-order valence-corrected chi connectivity index (χ4v) is 2.55. The second-order valence-corrected chi connectivity index (χ2v) is 5.42. The van der Waals surface area contributed by atoms with E-state index in [2.05, 4.69) is 42.3 Å². The van der Waals surface area contributed by atoms with E-state index in [1.165, 1.54) is 16.8 Å². The van der Waals surface area contributed by atoms with Gasteiger partial charge in [-0.05, 0) is 49.6 Å². The van der Waals surface area contributed by atoms with Gasteiger partial charge >= 0.3 is 0 Å². The van der Waals surface area contributed by atoms with Crippen molar-refractivity contribution in [3.8, 4) is 0 Å². The quantitative estimate of drug-likeness (QED) is 0.858. The van der Waals surface area contributed by atoms with Gasteiger partial charge in [0.15, 0.2) is 0 Å². The van der Waals surface area contributed by atoms with Crippen LogP contribution in [-0.2, 0) is 6.54 Å². The zero-order valence-corrected chi connectivity index (χ0v) is 11.6. The molecule has 3 heteroatoms. The van der Waals surface area contributed by atoms with Gasteiger partial charge in [0.1, 0.15) is 0 Å². The number of anilines is 1. The van der Waals surface area contributed by atoms with Crippen LogP contribution in [0.1, 0.15) is 24.5 Å². The van der Waals surface area contributed by atoms with Gasteiger partial charge < -0.3 is 15.3 Å². The topological polar surface area (TPSA) is 35.5 Å². The van der Waals surface area contributed by atoms with E-state index < -0.39 is 0 Å². The maximum Gasteiger partial charge on any atom is 0.0741 e. The third-order valence-corrected chi connectivity index (χ3v) is 3.98. The van der Waals surface area contributed by atoms with Crippen molar-refractivity contribution in [1.29, 1.82) is 0 Å². The number of benzene rings is 1. The summed E-state index contributed by atoms with van der Waals surface area (Å²) in [6, 6.07) is 6.59. The number of hydrogen-bond donors (Lipinski definition) is 2. The number of aryl methyl sites for hydroxylation is 1. The Hall–Kier alpha value is -1.06. The highest BCUT2D eigenvalue weighted by atomic mass is 16.3. The number of nitrogens with one attached hydrogen (secondary N) is 1. The molecule has 0 spiro atoms. The summed E-state index contributed by atoms with van der Waals surface area (Å²) in [5, 5.41) is 13.1. The molecule has 18 heavy (non-hydrogen) atoms. The first-order chi connectivity index (χ1) is 8.61. The van der Waals surface area contributed by atoms with Gasteiger partial charge in [0.05, 0.1) is 6.10 Å². The molecule has 1 saturated heterocycles. The van der Waals surface area contributed by atoms with Gasteiger partial charge in [-0.15, -0.1) is 0 Å². The number of aliphatic hydroxyl groups excluding tert-OH is 1. The van der Waals surface area contributed by atoms with Crippen LogP contribution in [0, 0.1) is 12.8 Å². The summed E-state index contributed by atoms with van der Waals surface area (Å²) < 4.78 is 0. The fourth-order valence-electron chi connectivity index (χ4n) is 2.55. The fraction of sp³-hybridized carbons (Fsp3) is 0.600. The van der Waals surface area contributed by atoms with E-state index in [0.29, 0.717) is 5.92 Å². The van der Waals surface area contributed by atoms with Gasteiger partial charge in [-0.25, -0.2) is 0 Å². The minimum atomic E-state index is -0.198. The molecule has 0 saturated carbocycles. The molecule has 2 atom stereocenters. The van der Waals surface area contributed by atoms with E-state index in [1.807, 2.05) is 7.05 Å². The number of hydrogen-bond acceptors (Lipinski definition) is 3. The molecule has 1 aromatic rings. The summed E-state index contributed by atoms with van der Waals surface area (Å²) >= 11 is 0. The van der Waals surface area contributed by atoms with Crippen molar-refractivity contribution in [2.45, 2.75) is 32.9 Å². The lowest BCUT2D eigenvalue weighted by Gasteiger charge is -2.36. The largest absolute Gasteiger partial charge is 0.391 e. The molecule has 1 aliphatic rings. The average molecular weight is 248 g/mol. The molecule has 100 valence electrons. The molecule has 2 unspecified atom stereocenters. The van der Waals surface area contributed by atoms with Gasteiger partial charge in [-0.3, -0.25) is 0 Å². The van der Waals surface area contributed by atoms with Crippen LogP contribution in [0.4, 0.5) is 5.69 Å². The van der Waals surface area contributed by atoms with E-state index in [0.717, 1.165) is 26.1 Å². The van der Waals surface area contributed by atoms with Crippen molar-refractivity contribution >= 4 is 5.69 Å². The minimum Gasteiger partial charge on any atom is -0.391 e. The lowest BCUT2D eigenvalue weighted by Crippen LogP contribution is -2.42. The Bertz CT molecular complexity index is 405. The zero-order chi connectivity index (χ0) is 13.1. The van der Waals surface area contributed by atoms with Crippen molar-refractivity contribution in [2.24, 2.45) is 5.92 Å². The highest BCUT2D eigenvalue weighted by Crippen LogP contribution is 2.25. The van der Waals surface area contributed by atoms with E-state index >= 15 is 0 Å². The summed E-state index contributed by atoms with van der Waals surface area (Å²) in [7, 11) is 1.97. The van der Waals surface area contributed by atoms with E-state index in [-0.39, 0.29) is 6.10 Å². The Morgan fingerprint density at radius 1 is 1.44 bits per heavy atom. The first kappa shape index (κ1) is 13.4. The zero-order valence-electron chi connectivity index (χ0n) is 11.6. The van der Waals surface area contributed by atoms with Crippen LogP contribution in [0.15, 0.2) is 18.2 Å². The molecule has 0 radical (unpaired) electrons. The third kappa shape index (κ3) is 2.85. The summed E-state index contributed by atoms with van der Waals surface area (Å²) in [6.45, 7) is 6.99. The number of aliphatic hydroxyl groups is 1. The smallest absolute Gasteiger partial charge is 0.0741 e. The van der Waals surface area contributed by atoms with Gasteiger partial charge in [0, 0.05) is 25.3 Å². The molecule has 2 N–H and O–H groups in total. The Morgan fingerprint density at radius 2 is 2.22 bits per heavy atom. The van der Waals surface area contributed by atoms with E-state index in [4.69, 9.17) is 0 Å². The van der Waals surface area contributed by atoms with Crippen LogP contribution in [0.25, 0.3) is 0 Å². The van der Waals surface area contributed by atoms with E-state index in [1.54, 1.807) is 0 Å². The average Bonchev–Trinajstić information content (AvgIpc) is 2.35. The van der Waals surface area contributed by atoms with Crippen LogP contribution in [0.5, 0.6) is 0 Å². The molecule has 1 aromatic carbocycles. The third-order valence-electron chi connectivity index (χ3n) is 3.98. The minimum absolute atomic E-state index is 0.198. The molecule has 0 bridgehead atoms. The predicted molar refractivity (Wildman–Crippen MR) is 75.9 cm³/mol. The maximum atomic E-state index is 9.97. The number of rotatable bonds is 3. The van der Waals surface area contributed by atoms with Gasteiger partial charge in [-0.2, -0.15) is 0 Å². The van der Waals surface area contributed by atoms with Gasteiger partial charge in [-0.1, -0.05) is 13.0 Å². The molecule has 2 rings (SSSR count). The van der Waals surface area contributed by atoms with Crippen molar-refractivity contribution < 1.29 is 5.11 Å². The van der Waals surface area contributed by atoms with E-state index in [9.17, 15) is 5.11 Å². The molecule has 0 amide bonds. The van der Waals surface area contributed by atoms with Gasteiger partial charge in [0.25, 0.3) is 0 Å². The van der Waals surface area contributed by atoms with Crippen molar-refractivity contribution in [1.82, 2.24) is 5.32 Å². The van der Waals surface area contributed by atoms with Crippen molar-refractivity contribution in [2.75, 3.05) is 25.0 Å². The predicted octanol–water partition coefficient (Wildman–Crippen LogP) is 1.92. The van der Waals surface area contributed by atoms with Crippen LogP contribution in [0.2, 0.25) is 0 Å². The number of nitrogens with zero attached hydrogens (tertiary/aromatic N) is 1. The second kappa shape index (κ2) is 5.72. The molecule has 1 aliphatic heterocycles. The monoisotopic (exact) mass is 248 g/mol. The highest BCUT2D eigenvalue weighted by Gasteiger charge is 2.24. The molecule has 1 fully saturated rings. The Balaban J connectivity index is 2.12. The standard InChI is InChI=1S/C15H24N2O/c1-11-6-7-17(10-15(11)18)14-5-4-13(9-16-3)12(2)8-14/h4-5,8,11,15-16,18H,6-7,9-10H2,1-3H3. The first-order valence-electron chi connectivity index (χ1n) is 6.79. The Kier molecular flexibility index (Phi) is 4.25. The van der Waals surface area contributed by atoms with Gasteiger partial charge in [0.2, 0.25) is 0 Å². The number of β-amino-alcohol motifs (C(OH)–C–C–N with tert-alkyl or cyclic N) is 1. The SMILES string of the molecule is CNCc1ccc(N2CCC(C)C(O)C2)cc1C. The van der Waals surface area contributed by atoms with Crippen LogP contribution in [-0.4, -0.2) is 31.3 Å². The molecule has 0 aromatic heterocycles. The molecular formula is C15H24N2O. The Morgan fingerprint density at radius 3 is 2.83 bits per heavy atom. The number of piperidine rings is 1. The summed E-state index contributed by atoms with van der Waals surface area (Å²) in [5.74, 6) is 0.422. The molecule has 3 nitrogen and oxygen atoms in total. The van der Waals surface area contributed by atoms with Crippen LogP contribution < -0.4 is 10.2 Å². The van der Waals surface area contributed by atoms with Crippen LogP contribution in [0.3, 0.4) is 0 Å². The second-order valence-electron chi connectivity index (χ2n) is 5.42. The normalized spacial score (nSPS) is 24.3. The lowest BCUT2D eigenvalue weighted by molar-refractivity contribution is 0.103. The van der Waals surface area contributed by atoms with Crippen molar-refractivity contribution in [3.05, 3.63) is 29.3 Å². The first-order valence-corrected chi connectivity index (χ1v) is 6.79. The maximum absolute atomic E-state index is 9.97. The summed E-state index contributed by atoms with van der Waals surface area (Å²) in [5.41, 5.74) is 3.89. The summed E-state index contributed by atoms with van der Waals surface area (Å²) in [4.78, 5) is 2.29. The Labute approximate surface area is 110 Å². The summed E-state index contributed by atoms with van der Waals surface area (Å²) in [6.07, 6.45) is 0.870. The highest BCUT2D eigenvalue weighted by molar-refractivity contribution is 5.51. The molecular weight excluding hydrogens is 224 g/mol. The molecule has 1 heterocycles. The lowest BCUT2D eigenvalue weighted by atomic mass is 9.95.